The molecule has 0 spiro atoms. The first kappa shape index (κ1) is 13.1. The monoisotopic (exact) mass is 294 g/mol. The Morgan fingerprint density at radius 2 is 1.76 bits per heavy atom. The van der Waals surface area contributed by atoms with Crippen LogP contribution in [0.25, 0.3) is 0 Å². The largest absolute Gasteiger partial charge is 0.0921 e. The van der Waals surface area contributed by atoms with Gasteiger partial charge < -0.3 is 0 Å². The second-order valence-corrected chi connectivity index (χ2v) is 6.02. The third-order valence-corrected chi connectivity index (χ3v) is 4.92. The summed E-state index contributed by atoms with van der Waals surface area (Å²) in [5.74, 6) is 1.60. The van der Waals surface area contributed by atoms with E-state index in [1.807, 2.05) is 0 Å². The fourth-order valence-corrected chi connectivity index (χ4v) is 4.06. The van der Waals surface area contributed by atoms with Gasteiger partial charge in [-0.2, -0.15) is 0 Å². The molecule has 1 aliphatic rings. The molecule has 0 saturated heterocycles. The average molecular weight is 295 g/mol. The minimum Gasteiger partial charge on any atom is -0.0921 e. The lowest BCUT2D eigenvalue weighted by molar-refractivity contribution is 0.399. The molecule has 0 nitrogen and oxygen atoms in total. The summed E-state index contributed by atoms with van der Waals surface area (Å²) in [5.41, 5.74) is 3.03. The molecule has 0 aliphatic heterocycles. The maximum atomic E-state index is 3.75. The maximum absolute atomic E-state index is 3.75. The van der Waals surface area contributed by atoms with Gasteiger partial charge in [-0.1, -0.05) is 65.9 Å². The zero-order valence-electron chi connectivity index (χ0n) is 10.8. The highest BCUT2D eigenvalue weighted by atomic mass is 79.9. The first-order valence-corrected chi connectivity index (χ1v) is 8.06. The van der Waals surface area contributed by atoms with Crippen LogP contribution >= 0.6 is 15.9 Å². The van der Waals surface area contributed by atoms with Crippen LogP contribution in [0.1, 0.15) is 55.6 Å². The normalized spacial score (nSPS) is 19.9. The van der Waals surface area contributed by atoms with Gasteiger partial charge in [0, 0.05) is 5.33 Å². The number of hydrogen-bond acceptors (Lipinski definition) is 0. The van der Waals surface area contributed by atoms with Crippen molar-refractivity contribution < 1.29 is 0 Å². The van der Waals surface area contributed by atoms with Crippen LogP contribution in [0.5, 0.6) is 0 Å². The molecule has 1 aromatic carbocycles. The molecule has 1 fully saturated rings. The van der Waals surface area contributed by atoms with Crippen molar-refractivity contribution in [3.05, 3.63) is 35.4 Å². The molecule has 0 N–H and O–H groups in total. The van der Waals surface area contributed by atoms with E-state index in [1.54, 1.807) is 5.56 Å². The van der Waals surface area contributed by atoms with E-state index in [-0.39, 0.29) is 0 Å². The van der Waals surface area contributed by atoms with Gasteiger partial charge >= 0.3 is 0 Å². The second-order valence-electron chi connectivity index (χ2n) is 5.37. The summed E-state index contributed by atoms with van der Waals surface area (Å²) in [7, 11) is 0. The van der Waals surface area contributed by atoms with Crippen LogP contribution in [-0.4, -0.2) is 5.33 Å². The SMILES string of the molecule is Cc1ccccc1C(CBr)C1CCCCCC1. The number of rotatable bonds is 3. The average Bonchev–Trinajstić information content (AvgIpc) is 2.62. The zero-order chi connectivity index (χ0) is 12.1. The summed E-state index contributed by atoms with van der Waals surface area (Å²) in [6, 6.07) is 8.92. The van der Waals surface area contributed by atoms with Crippen LogP contribution in [0.4, 0.5) is 0 Å². The van der Waals surface area contributed by atoms with Crippen LogP contribution in [0.2, 0.25) is 0 Å². The summed E-state index contributed by atoms with van der Waals surface area (Å²) < 4.78 is 0. The van der Waals surface area contributed by atoms with E-state index >= 15 is 0 Å². The van der Waals surface area contributed by atoms with Crippen LogP contribution in [0.3, 0.4) is 0 Å². The Morgan fingerprint density at radius 1 is 1.12 bits per heavy atom. The van der Waals surface area contributed by atoms with Gasteiger partial charge in [0.05, 0.1) is 0 Å². The first-order valence-electron chi connectivity index (χ1n) is 6.94. The summed E-state index contributed by atoms with van der Waals surface area (Å²) in [5, 5.41) is 1.11. The van der Waals surface area contributed by atoms with Gasteiger partial charge in [0.15, 0.2) is 0 Å². The van der Waals surface area contributed by atoms with E-state index < -0.39 is 0 Å². The minimum atomic E-state index is 0.717. The quantitative estimate of drug-likeness (QED) is 0.514. The molecular weight excluding hydrogens is 272 g/mol. The van der Waals surface area contributed by atoms with Crippen LogP contribution in [0, 0.1) is 12.8 Å². The molecule has 1 saturated carbocycles. The Balaban J connectivity index is 2.17. The highest BCUT2D eigenvalue weighted by molar-refractivity contribution is 9.09. The summed E-state index contributed by atoms with van der Waals surface area (Å²) in [4.78, 5) is 0. The maximum Gasteiger partial charge on any atom is 0.0103 e. The van der Waals surface area contributed by atoms with Gasteiger partial charge in [-0.15, -0.1) is 0 Å². The van der Waals surface area contributed by atoms with Crippen molar-refractivity contribution in [1.29, 1.82) is 0 Å². The third kappa shape index (κ3) is 3.34. The first-order chi connectivity index (χ1) is 8.33. The van der Waals surface area contributed by atoms with E-state index in [0.717, 1.165) is 11.2 Å². The minimum absolute atomic E-state index is 0.717. The van der Waals surface area contributed by atoms with Gasteiger partial charge in [0.25, 0.3) is 0 Å². The molecule has 1 aromatic rings. The van der Waals surface area contributed by atoms with Crippen LogP contribution in [-0.2, 0) is 0 Å². The predicted molar refractivity (Wildman–Crippen MR) is 78.9 cm³/mol. The molecule has 0 aromatic heterocycles. The Bertz CT molecular complexity index is 337. The Hall–Kier alpha value is -0.300. The molecule has 1 atom stereocenters. The number of hydrogen-bond donors (Lipinski definition) is 0. The second kappa shape index (κ2) is 6.58. The zero-order valence-corrected chi connectivity index (χ0v) is 12.4. The van der Waals surface area contributed by atoms with Crippen molar-refractivity contribution in [2.75, 3.05) is 5.33 Å². The van der Waals surface area contributed by atoms with Crippen molar-refractivity contribution >= 4 is 15.9 Å². The Morgan fingerprint density at radius 3 is 2.35 bits per heavy atom. The molecule has 17 heavy (non-hydrogen) atoms. The standard InChI is InChI=1S/C16H23Br/c1-13-8-6-7-11-15(13)16(12-17)14-9-4-2-3-5-10-14/h6-8,11,14,16H,2-5,9-10,12H2,1H3. The fourth-order valence-electron chi connectivity index (χ4n) is 3.18. The van der Waals surface area contributed by atoms with Gasteiger partial charge in [-0.25, -0.2) is 0 Å². The molecular formula is C16H23Br. The lowest BCUT2D eigenvalue weighted by Gasteiger charge is -2.26. The summed E-state index contributed by atoms with van der Waals surface area (Å²) in [6.45, 7) is 2.25. The van der Waals surface area contributed by atoms with Crippen LogP contribution < -0.4 is 0 Å². The molecule has 94 valence electrons. The van der Waals surface area contributed by atoms with Crippen molar-refractivity contribution in [2.24, 2.45) is 5.92 Å². The summed E-state index contributed by atoms with van der Waals surface area (Å²) >= 11 is 3.75. The van der Waals surface area contributed by atoms with E-state index in [4.69, 9.17) is 0 Å². The lowest BCUT2D eigenvalue weighted by Crippen LogP contribution is -2.15. The number of halogens is 1. The number of alkyl halides is 1. The van der Waals surface area contributed by atoms with E-state index in [2.05, 4.69) is 47.1 Å². The highest BCUT2D eigenvalue weighted by Crippen LogP contribution is 2.37. The molecule has 0 bridgehead atoms. The van der Waals surface area contributed by atoms with Crippen molar-refractivity contribution in [3.8, 4) is 0 Å². The molecule has 0 radical (unpaired) electrons. The highest BCUT2D eigenvalue weighted by Gasteiger charge is 2.24. The Kier molecular flexibility index (Phi) is 5.09. The molecule has 2 rings (SSSR count). The van der Waals surface area contributed by atoms with Gasteiger partial charge in [-0.05, 0) is 42.7 Å². The number of benzene rings is 1. The molecule has 0 amide bonds. The smallest absolute Gasteiger partial charge is 0.0103 e. The van der Waals surface area contributed by atoms with Gasteiger partial charge in [-0.3, -0.25) is 0 Å². The predicted octanol–water partition coefficient (Wildman–Crippen LogP) is 5.44. The topological polar surface area (TPSA) is 0 Å². The number of aryl methyl sites for hydroxylation is 1. The molecule has 1 heteroatoms. The lowest BCUT2D eigenvalue weighted by atomic mass is 9.81. The van der Waals surface area contributed by atoms with Crippen molar-refractivity contribution in [3.63, 3.8) is 0 Å². The van der Waals surface area contributed by atoms with Crippen molar-refractivity contribution in [2.45, 2.75) is 51.4 Å². The van der Waals surface area contributed by atoms with E-state index in [9.17, 15) is 0 Å². The van der Waals surface area contributed by atoms with E-state index in [0.29, 0.717) is 5.92 Å². The van der Waals surface area contributed by atoms with Crippen LogP contribution in [0.15, 0.2) is 24.3 Å². The molecule has 1 aliphatic carbocycles. The third-order valence-electron chi connectivity index (χ3n) is 4.22. The van der Waals surface area contributed by atoms with E-state index in [1.165, 1.54) is 44.1 Å². The summed E-state index contributed by atoms with van der Waals surface area (Å²) in [6.07, 6.45) is 8.59. The van der Waals surface area contributed by atoms with Gasteiger partial charge in [0.2, 0.25) is 0 Å². The fraction of sp³-hybridized carbons (Fsp3) is 0.625. The molecule has 1 unspecified atom stereocenters. The van der Waals surface area contributed by atoms with Crippen molar-refractivity contribution in [1.82, 2.24) is 0 Å². The Labute approximate surface area is 114 Å². The molecule has 0 heterocycles. The van der Waals surface area contributed by atoms with Gasteiger partial charge in [0.1, 0.15) is 0 Å².